The number of hydrogen-bond donors (Lipinski definition) is 2. The van der Waals surface area contributed by atoms with E-state index in [4.69, 9.17) is 5.73 Å². The van der Waals surface area contributed by atoms with Gasteiger partial charge in [0.1, 0.15) is 24.0 Å². The second kappa shape index (κ2) is 5.25. The lowest BCUT2D eigenvalue weighted by molar-refractivity contribution is 0.253. The number of hydrogen-bond acceptors (Lipinski definition) is 4. The molecule has 0 saturated heterocycles. The second-order valence-corrected chi connectivity index (χ2v) is 6.88. The molecular weight excluding hydrogens is 276 g/mol. The van der Waals surface area contributed by atoms with E-state index in [2.05, 4.69) is 41.4 Å². The third-order valence-electron chi connectivity index (χ3n) is 3.72. The van der Waals surface area contributed by atoms with Gasteiger partial charge in [-0.25, -0.2) is 4.98 Å². The molecule has 2 heterocycles. The molecule has 3 rings (SSSR count). The maximum Gasteiger partial charge on any atom is 0.147 e. The lowest BCUT2D eigenvalue weighted by atomic mass is 9.94. The van der Waals surface area contributed by atoms with Crippen LogP contribution in [-0.2, 0) is 13.2 Å². The highest BCUT2D eigenvalue weighted by Gasteiger charge is 2.31. The lowest BCUT2D eigenvalue weighted by Crippen LogP contribution is -2.27. The van der Waals surface area contributed by atoms with Gasteiger partial charge < -0.3 is 15.4 Å². The molecule has 0 spiro atoms. The van der Waals surface area contributed by atoms with Gasteiger partial charge in [0, 0.05) is 12.1 Å². The Morgan fingerprint density at radius 3 is 2.73 bits per heavy atom. The number of allylic oxidation sites excluding steroid dienone is 4. The molecule has 0 bridgehead atoms. The maximum atomic E-state index is 9.69. The first-order valence-corrected chi connectivity index (χ1v) is 7.50. The molecule has 0 fully saturated rings. The smallest absolute Gasteiger partial charge is 0.147 e. The molecule has 5 heteroatoms. The van der Waals surface area contributed by atoms with E-state index in [-0.39, 0.29) is 18.1 Å². The van der Waals surface area contributed by atoms with Crippen molar-refractivity contribution in [2.24, 2.45) is 16.1 Å². The Kier molecular flexibility index (Phi) is 3.53. The van der Waals surface area contributed by atoms with Crippen LogP contribution in [0.5, 0.6) is 0 Å². The fourth-order valence-corrected chi connectivity index (χ4v) is 2.87. The first-order chi connectivity index (χ1) is 10.4. The Morgan fingerprint density at radius 2 is 2.05 bits per heavy atom. The van der Waals surface area contributed by atoms with Gasteiger partial charge in [0.2, 0.25) is 0 Å². The van der Waals surface area contributed by atoms with Crippen molar-refractivity contribution >= 4 is 11.4 Å². The summed E-state index contributed by atoms with van der Waals surface area (Å²) >= 11 is 0. The van der Waals surface area contributed by atoms with Crippen LogP contribution >= 0.6 is 0 Å². The summed E-state index contributed by atoms with van der Waals surface area (Å²) in [5.74, 6) is 1.07. The molecule has 1 aromatic rings. The number of rotatable bonds is 2. The number of fused-ring (bicyclic) bond motifs is 3. The predicted octanol–water partition coefficient (Wildman–Crippen LogP) is 2.02. The van der Waals surface area contributed by atoms with Crippen LogP contribution in [0.4, 0.5) is 0 Å². The van der Waals surface area contributed by atoms with Crippen molar-refractivity contribution in [1.29, 1.82) is 0 Å². The van der Waals surface area contributed by atoms with Crippen LogP contribution in [0.15, 0.2) is 35.4 Å². The van der Waals surface area contributed by atoms with Gasteiger partial charge in [-0.3, -0.25) is 4.99 Å². The topological polar surface area (TPSA) is 76.4 Å². The molecule has 22 heavy (non-hydrogen) atoms. The van der Waals surface area contributed by atoms with Crippen LogP contribution in [0, 0.1) is 5.41 Å². The zero-order valence-corrected chi connectivity index (χ0v) is 13.2. The minimum absolute atomic E-state index is 0.0637. The average Bonchev–Trinajstić information content (AvgIpc) is 2.63. The number of imidazole rings is 1. The van der Waals surface area contributed by atoms with E-state index in [1.807, 2.05) is 24.3 Å². The van der Waals surface area contributed by atoms with E-state index >= 15 is 0 Å². The summed E-state index contributed by atoms with van der Waals surface area (Å²) in [6, 6.07) is -0.0931. The highest BCUT2D eigenvalue weighted by atomic mass is 16.3. The van der Waals surface area contributed by atoms with Crippen LogP contribution < -0.4 is 5.73 Å². The summed E-state index contributed by atoms with van der Waals surface area (Å²) in [6.07, 6.45) is 10.0. The average molecular weight is 298 g/mol. The van der Waals surface area contributed by atoms with Gasteiger partial charge in [0.15, 0.2) is 0 Å². The number of aliphatic hydroxyl groups excluding tert-OH is 1. The molecule has 2 aliphatic rings. The zero-order chi connectivity index (χ0) is 15.9. The van der Waals surface area contributed by atoms with Gasteiger partial charge >= 0.3 is 0 Å². The molecule has 1 aromatic heterocycles. The Balaban J connectivity index is 2.22. The van der Waals surface area contributed by atoms with E-state index in [0.29, 0.717) is 17.4 Å². The quantitative estimate of drug-likeness (QED) is 0.877. The second-order valence-electron chi connectivity index (χ2n) is 6.88. The monoisotopic (exact) mass is 298 g/mol. The molecule has 1 atom stereocenters. The van der Waals surface area contributed by atoms with Gasteiger partial charge in [0.05, 0.1) is 11.7 Å². The third kappa shape index (κ3) is 2.52. The Morgan fingerprint density at radius 1 is 1.27 bits per heavy atom. The molecule has 0 saturated carbocycles. The van der Waals surface area contributed by atoms with Crippen molar-refractivity contribution in [2.75, 3.05) is 0 Å². The van der Waals surface area contributed by atoms with E-state index in [0.717, 1.165) is 17.8 Å². The van der Waals surface area contributed by atoms with Crippen molar-refractivity contribution in [3.8, 4) is 0 Å². The highest BCUT2D eigenvalue weighted by molar-refractivity contribution is 6.03. The molecular formula is C17H22N4O. The van der Waals surface area contributed by atoms with Crippen molar-refractivity contribution < 1.29 is 5.11 Å². The summed E-state index contributed by atoms with van der Waals surface area (Å²) in [6.45, 7) is 7.15. The van der Waals surface area contributed by atoms with Crippen LogP contribution in [0.25, 0.3) is 5.57 Å². The van der Waals surface area contributed by atoms with E-state index < -0.39 is 0 Å². The van der Waals surface area contributed by atoms with Crippen molar-refractivity contribution in [3.05, 3.63) is 47.6 Å². The van der Waals surface area contributed by atoms with Crippen molar-refractivity contribution in [1.82, 2.24) is 9.55 Å². The number of nitrogens with zero attached hydrogens (tertiary/aromatic N) is 3. The molecule has 0 aromatic carbocycles. The lowest BCUT2D eigenvalue weighted by Gasteiger charge is -2.26. The molecule has 0 amide bonds. The summed E-state index contributed by atoms with van der Waals surface area (Å²) in [5.41, 5.74) is 8.91. The zero-order valence-electron chi connectivity index (χ0n) is 13.2. The maximum absolute atomic E-state index is 9.69. The molecule has 1 unspecified atom stereocenters. The normalized spacial score (nSPS) is 20.1. The molecule has 116 valence electrons. The Labute approximate surface area is 130 Å². The fraction of sp³-hybridized carbons (Fsp3) is 0.412. The molecule has 3 N–H and O–H groups in total. The predicted molar refractivity (Wildman–Crippen MR) is 88.4 cm³/mol. The van der Waals surface area contributed by atoms with Crippen LogP contribution in [0.3, 0.4) is 0 Å². The minimum Gasteiger partial charge on any atom is -0.388 e. The van der Waals surface area contributed by atoms with Gasteiger partial charge in [-0.2, -0.15) is 0 Å². The fourth-order valence-electron chi connectivity index (χ4n) is 2.87. The minimum atomic E-state index is -0.111. The molecule has 1 aliphatic heterocycles. The highest BCUT2D eigenvalue weighted by Crippen LogP contribution is 2.33. The van der Waals surface area contributed by atoms with Gasteiger partial charge in [-0.15, -0.1) is 0 Å². The standard InChI is InChI=1S/C17H22N4O/c1-17(2,3)10-21-13(9-22)20-14-15(21)11-7-5-4-6-8-12(11)19-16(14)18/h4-8,12,22H,9-10H2,1-3H3,(H2,18,19). The van der Waals surface area contributed by atoms with E-state index in [1.54, 1.807) is 0 Å². The van der Waals surface area contributed by atoms with E-state index in [1.165, 1.54) is 0 Å². The van der Waals surface area contributed by atoms with Crippen molar-refractivity contribution in [3.63, 3.8) is 0 Å². The third-order valence-corrected chi connectivity index (χ3v) is 3.72. The molecule has 1 aliphatic carbocycles. The largest absolute Gasteiger partial charge is 0.388 e. The number of amidine groups is 1. The summed E-state index contributed by atoms with van der Waals surface area (Å²) in [7, 11) is 0. The van der Waals surface area contributed by atoms with Crippen LogP contribution in [0.2, 0.25) is 0 Å². The van der Waals surface area contributed by atoms with Gasteiger partial charge in [-0.1, -0.05) is 51.2 Å². The number of nitrogens with two attached hydrogens (primary N) is 1. The van der Waals surface area contributed by atoms with Gasteiger partial charge in [-0.05, 0) is 5.41 Å². The first kappa shape index (κ1) is 14.8. The number of aliphatic hydroxyl groups is 1. The summed E-state index contributed by atoms with van der Waals surface area (Å²) in [4.78, 5) is 9.06. The Hall–Kier alpha value is -2.14. The SMILES string of the molecule is CC(C)(C)Cn1c(CO)nc2c1C1=CC=CC=CC1N=C2N. The molecule has 0 radical (unpaired) electrons. The van der Waals surface area contributed by atoms with Crippen LogP contribution in [-0.4, -0.2) is 26.5 Å². The number of aliphatic imine (C=N–C) groups is 1. The van der Waals surface area contributed by atoms with Gasteiger partial charge in [0.25, 0.3) is 0 Å². The van der Waals surface area contributed by atoms with Crippen LogP contribution in [0.1, 0.15) is 38.0 Å². The van der Waals surface area contributed by atoms with Crippen molar-refractivity contribution in [2.45, 2.75) is 40.0 Å². The molecule has 5 nitrogen and oxygen atoms in total. The summed E-state index contributed by atoms with van der Waals surface area (Å²) in [5, 5.41) is 9.69. The summed E-state index contributed by atoms with van der Waals surface area (Å²) < 4.78 is 2.09. The van der Waals surface area contributed by atoms with E-state index in [9.17, 15) is 5.11 Å². The number of aromatic nitrogens is 2. The Bertz CT molecular complexity index is 714. The first-order valence-electron chi connectivity index (χ1n) is 7.50.